The van der Waals surface area contributed by atoms with E-state index in [1.807, 2.05) is 13.8 Å². The number of carboxylic acid groups (broad SMARTS) is 1. The third-order valence-electron chi connectivity index (χ3n) is 4.91. The van der Waals surface area contributed by atoms with Gasteiger partial charge < -0.3 is 26.2 Å². The summed E-state index contributed by atoms with van der Waals surface area (Å²) in [5.74, 6) is -1.13. The van der Waals surface area contributed by atoms with Crippen LogP contribution in [0.2, 0.25) is 6.32 Å². The Hall–Kier alpha value is -1.16. The number of aliphatic carboxylic acids is 1. The van der Waals surface area contributed by atoms with Crippen molar-refractivity contribution in [1.82, 2.24) is 10.6 Å². The van der Waals surface area contributed by atoms with E-state index in [0.29, 0.717) is 32.2 Å². The van der Waals surface area contributed by atoms with Gasteiger partial charge in [0, 0.05) is 12.6 Å². The Bertz CT molecular complexity index is 437. The number of carbonyl (C=O) groups is 2. The summed E-state index contributed by atoms with van der Waals surface area (Å²) in [5, 5.41) is 33.1. The number of nitrogens with one attached hydrogen (secondary N) is 2. The SMILES string of the molecule is CC[C@H](C)[C@H](N)C(=O)NC1CN[C@@](CCCCB(O)O)(C(=O)O)C1. The van der Waals surface area contributed by atoms with Crippen molar-refractivity contribution >= 4 is 19.0 Å². The fourth-order valence-corrected chi connectivity index (χ4v) is 3.01. The number of unbranched alkanes of at least 4 members (excludes halogenated alkanes) is 1. The van der Waals surface area contributed by atoms with E-state index in [1.54, 1.807) is 0 Å². The average Bonchev–Trinajstić information content (AvgIpc) is 2.94. The Morgan fingerprint density at radius 3 is 2.62 bits per heavy atom. The fraction of sp³-hybridized carbons (Fsp3) is 0.867. The molecule has 1 heterocycles. The number of amides is 1. The van der Waals surface area contributed by atoms with Gasteiger partial charge in [0.15, 0.2) is 0 Å². The molecule has 0 aromatic rings. The highest BCUT2D eigenvalue weighted by Crippen LogP contribution is 2.27. The first-order chi connectivity index (χ1) is 11.2. The van der Waals surface area contributed by atoms with E-state index < -0.39 is 24.7 Å². The molecule has 0 spiro atoms. The van der Waals surface area contributed by atoms with Gasteiger partial charge in [-0.25, -0.2) is 0 Å². The predicted octanol–water partition coefficient (Wildman–Crippen LogP) is -0.696. The summed E-state index contributed by atoms with van der Waals surface area (Å²) >= 11 is 0. The third-order valence-corrected chi connectivity index (χ3v) is 4.91. The molecule has 0 aliphatic carbocycles. The van der Waals surface area contributed by atoms with Gasteiger partial charge in [-0.1, -0.05) is 33.1 Å². The molecule has 8 nitrogen and oxygen atoms in total. The molecule has 1 amide bonds. The van der Waals surface area contributed by atoms with Gasteiger partial charge in [0.2, 0.25) is 5.91 Å². The van der Waals surface area contributed by atoms with Crippen LogP contribution >= 0.6 is 0 Å². The Labute approximate surface area is 143 Å². The molecule has 1 aliphatic heterocycles. The van der Waals surface area contributed by atoms with Crippen molar-refractivity contribution in [1.29, 1.82) is 0 Å². The van der Waals surface area contributed by atoms with Crippen molar-refractivity contribution in [2.45, 2.75) is 69.9 Å². The number of carbonyl (C=O) groups excluding carboxylic acids is 1. The normalized spacial score (nSPS) is 26.0. The van der Waals surface area contributed by atoms with Gasteiger partial charge in [-0.2, -0.15) is 0 Å². The zero-order valence-corrected chi connectivity index (χ0v) is 14.5. The van der Waals surface area contributed by atoms with Gasteiger partial charge in [0.25, 0.3) is 0 Å². The van der Waals surface area contributed by atoms with E-state index in [4.69, 9.17) is 15.8 Å². The monoisotopic (exact) mass is 343 g/mol. The number of hydrogen-bond acceptors (Lipinski definition) is 6. The van der Waals surface area contributed by atoms with Crippen molar-refractivity contribution in [3.8, 4) is 0 Å². The summed E-state index contributed by atoms with van der Waals surface area (Å²) in [4.78, 5) is 23.8. The minimum Gasteiger partial charge on any atom is -0.480 e. The predicted molar refractivity (Wildman–Crippen MR) is 91.2 cm³/mol. The van der Waals surface area contributed by atoms with E-state index in [9.17, 15) is 14.7 Å². The molecule has 0 bridgehead atoms. The van der Waals surface area contributed by atoms with Gasteiger partial charge in [0.05, 0.1) is 6.04 Å². The lowest BCUT2D eigenvalue weighted by Crippen LogP contribution is -2.49. The van der Waals surface area contributed by atoms with Crippen LogP contribution in [0.25, 0.3) is 0 Å². The Kier molecular flexibility index (Phi) is 8.15. The van der Waals surface area contributed by atoms with Gasteiger partial charge in [-0.3, -0.25) is 14.9 Å². The molecule has 1 aliphatic rings. The summed E-state index contributed by atoms with van der Waals surface area (Å²) < 4.78 is 0. The zero-order valence-electron chi connectivity index (χ0n) is 14.5. The van der Waals surface area contributed by atoms with E-state index in [-0.39, 0.29) is 24.2 Å². The van der Waals surface area contributed by atoms with E-state index in [0.717, 1.165) is 6.42 Å². The Morgan fingerprint density at radius 2 is 2.08 bits per heavy atom. The Balaban J connectivity index is 2.55. The first kappa shape index (κ1) is 20.9. The minimum atomic E-state index is -1.36. The molecule has 24 heavy (non-hydrogen) atoms. The maximum absolute atomic E-state index is 12.1. The molecule has 1 rings (SSSR count). The molecular weight excluding hydrogens is 313 g/mol. The summed E-state index contributed by atoms with van der Waals surface area (Å²) in [6.07, 6.45) is 2.78. The second kappa shape index (κ2) is 9.36. The zero-order chi connectivity index (χ0) is 18.3. The van der Waals surface area contributed by atoms with Crippen LogP contribution in [0.4, 0.5) is 0 Å². The summed E-state index contributed by atoms with van der Waals surface area (Å²) in [5.41, 5.74) is 4.82. The minimum absolute atomic E-state index is 0.0634. The van der Waals surface area contributed by atoms with Crippen LogP contribution in [0.5, 0.6) is 0 Å². The van der Waals surface area contributed by atoms with Crippen molar-refractivity contribution in [3.63, 3.8) is 0 Å². The largest absolute Gasteiger partial charge is 0.480 e. The topological polar surface area (TPSA) is 145 Å². The third kappa shape index (κ3) is 5.73. The van der Waals surface area contributed by atoms with Crippen molar-refractivity contribution in [2.75, 3.05) is 6.54 Å². The van der Waals surface area contributed by atoms with Crippen molar-refractivity contribution in [2.24, 2.45) is 11.7 Å². The van der Waals surface area contributed by atoms with Crippen LogP contribution in [-0.4, -0.2) is 58.3 Å². The van der Waals surface area contributed by atoms with Crippen LogP contribution in [0, 0.1) is 5.92 Å². The van der Waals surface area contributed by atoms with Gasteiger partial charge >= 0.3 is 13.1 Å². The smallest absolute Gasteiger partial charge is 0.451 e. The quantitative estimate of drug-likeness (QED) is 0.227. The molecule has 9 heteroatoms. The molecule has 138 valence electrons. The van der Waals surface area contributed by atoms with Gasteiger partial charge in [-0.05, 0) is 25.1 Å². The maximum atomic E-state index is 12.1. The van der Waals surface area contributed by atoms with Crippen LogP contribution in [0.3, 0.4) is 0 Å². The average molecular weight is 343 g/mol. The van der Waals surface area contributed by atoms with E-state index in [2.05, 4.69) is 10.6 Å². The number of hydrogen-bond donors (Lipinski definition) is 6. The lowest BCUT2D eigenvalue weighted by atomic mass is 9.81. The molecule has 1 unspecified atom stereocenters. The second-order valence-electron chi connectivity index (χ2n) is 6.82. The summed E-state index contributed by atoms with van der Waals surface area (Å²) in [6, 6.07) is -0.868. The lowest BCUT2D eigenvalue weighted by molar-refractivity contribution is -0.144. The molecule has 0 aromatic carbocycles. The van der Waals surface area contributed by atoms with Crippen LogP contribution in [0.1, 0.15) is 46.0 Å². The Morgan fingerprint density at radius 1 is 1.42 bits per heavy atom. The lowest BCUT2D eigenvalue weighted by Gasteiger charge is -2.25. The number of nitrogens with two attached hydrogens (primary N) is 1. The van der Waals surface area contributed by atoms with E-state index in [1.165, 1.54) is 0 Å². The first-order valence-electron chi connectivity index (χ1n) is 8.62. The maximum Gasteiger partial charge on any atom is 0.451 e. The molecular formula is C15H30BN3O5. The number of rotatable bonds is 10. The molecule has 1 saturated heterocycles. The standard InChI is InChI=1S/C15H30BN3O5/c1-3-10(2)12(17)13(20)19-11-8-15(14(21)22,18-9-11)6-4-5-7-16(23)24/h10-12,18,23-24H,3-9,17H2,1-2H3,(H,19,20)(H,21,22)/t10-,11?,12-,15+/m0/s1. The molecule has 0 saturated carbocycles. The fourth-order valence-electron chi connectivity index (χ4n) is 3.01. The van der Waals surface area contributed by atoms with Gasteiger partial charge in [-0.15, -0.1) is 0 Å². The van der Waals surface area contributed by atoms with E-state index >= 15 is 0 Å². The van der Waals surface area contributed by atoms with Gasteiger partial charge in [0.1, 0.15) is 5.54 Å². The highest BCUT2D eigenvalue weighted by Gasteiger charge is 2.45. The summed E-state index contributed by atoms with van der Waals surface area (Å²) in [6.45, 7) is 4.26. The van der Waals surface area contributed by atoms with Crippen molar-refractivity contribution in [3.05, 3.63) is 0 Å². The van der Waals surface area contributed by atoms with Crippen LogP contribution in [0.15, 0.2) is 0 Å². The first-order valence-corrected chi connectivity index (χ1v) is 8.62. The second-order valence-corrected chi connectivity index (χ2v) is 6.82. The summed E-state index contributed by atoms with van der Waals surface area (Å²) in [7, 11) is -1.36. The van der Waals surface area contributed by atoms with Crippen LogP contribution < -0.4 is 16.4 Å². The number of carboxylic acids is 1. The molecule has 7 N–H and O–H groups in total. The van der Waals surface area contributed by atoms with Crippen LogP contribution in [-0.2, 0) is 9.59 Å². The highest BCUT2D eigenvalue weighted by molar-refractivity contribution is 6.40. The molecule has 4 atom stereocenters. The molecule has 0 radical (unpaired) electrons. The molecule has 0 aromatic heterocycles. The molecule has 1 fully saturated rings. The van der Waals surface area contributed by atoms with Crippen molar-refractivity contribution < 1.29 is 24.7 Å². The highest BCUT2D eigenvalue weighted by atomic mass is 16.4.